The van der Waals surface area contributed by atoms with E-state index in [2.05, 4.69) is 77.5 Å². The van der Waals surface area contributed by atoms with Crippen molar-refractivity contribution in [2.45, 2.75) is 170 Å². The Bertz CT molecular complexity index is 1520. The lowest BCUT2D eigenvalue weighted by Crippen LogP contribution is -2.65. The summed E-state index contributed by atoms with van der Waals surface area (Å²) in [5.74, 6) is -1.19. The molecule has 2 bridgehead atoms. The van der Waals surface area contributed by atoms with Crippen molar-refractivity contribution >= 4 is 67.5 Å². The predicted molar refractivity (Wildman–Crippen MR) is 213 cm³/mol. The molecule has 1 aromatic rings. The summed E-state index contributed by atoms with van der Waals surface area (Å²) in [7, 11) is -4.45. The fourth-order valence-electron chi connectivity index (χ4n) is 9.05. The van der Waals surface area contributed by atoms with Crippen LogP contribution in [0.1, 0.15) is 102 Å². The van der Waals surface area contributed by atoms with Crippen LogP contribution in [0.5, 0.6) is 0 Å². The number of allylic oxidation sites excluding steroid dienone is 1. The standard InChI is InChI=1S/C39H59BrCl2O7Si2/c1-12-51(13-2,14-3)49-33-28-21-38(9)26(18-19-29(40)39(38,47-28)34(33)44)31(43)25-17-15-16-24(23(25)5)30(35(41)42)32(27-20-22(4)36(45)46-27)48-50(10,11)37(6,7)8/h15-18,22,27-30,32-35,44H,12-14,19-21H2,1-11H3/t22-,27+,28+,29+,30-,32+,33-,34-,38+,39+/m0/s1. The molecule has 7 nitrogen and oxygen atoms in total. The van der Waals surface area contributed by atoms with Crippen LogP contribution in [-0.2, 0) is 23.1 Å². The number of benzene rings is 1. The number of Topliss-reactive ketones (excluding diaryl/α,β-unsaturated/α-hetero) is 1. The second kappa shape index (κ2) is 14.8. The van der Waals surface area contributed by atoms with Crippen LogP contribution in [0.4, 0.5) is 0 Å². The third kappa shape index (κ3) is 6.85. The van der Waals surface area contributed by atoms with Gasteiger partial charge in [-0.25, -0.2) is 0 Å². The highest BCUT2D eigenvalue weighted by atomic mass is 79.9. The molecule has 0 amide bonds. The number of ketones is 1. The fraction of sp³-hybridized carbons (Fsp3) is 0.744. The van der Waals surface area contributed by atoms with Crippen LogP contribution >= 0.6 is 39.1 Å². The number of alkyl halides is 3. The topological polar surface area (TPSA) is 91.3 Å². The van der Waals surface area contributed by atoms with Crippen LogP contribution in [0.15, 0.2) is 29.8 Å². The Kier molecular flexibility index (Phi) is 12.1. The van der Waals surface area contributed by atoms with E-state index in [0.29, 0.717) is 30.4 Å². The Balaban J connectivity index is 1.53. The Morgan fingerprint density at radius 2 is 1.78 bits per heavy atom. The molecule has 1 aromatic carbocycles. The molecule has 5 rings (SSSR count). The van der Waals surface area contributed by atoms with Gasteiger partial charge in [0.25, 0.3) is 0 Å². The third-order valence-corrected chi connectivity index (χ3v) is 24.3. The zero-order valence-corrected chi connectivity index (χ0v) is 37.4. The van der Waals surface area contributed by atoms with Gasteiger partial charge >= 0.3 is 5.97 Å². The van der Waals surface area contributed by atoms with Crippen molar-refractivity contribution in [3.05, 3.63) is 46.5 Å². The van der Waals surface area contributed by atoms with Crippen LogP contribution in [0.2, 0.25) is 36.3 Å². The quantitative estimate of drug-likeness (QED) is 0.0916. The molecule has 3 aliphatic heterocycles. The van der Waals surface area contributed by atoms with Gasteiger partial charge < -0.3 is 23.4 Å². The molecular formula is C39H59BrCl2O7Si2. The van der Waals surface area contributed by atoms with Crippen LogP contribution in [0, 0.1) is 18.3 Å². The number of halogens is 3. The highest BCUT2D eigenvalue weighted by Gasteiger charge is 2.75. The van der Waals surface area contributed by atoms with Gasteiger partial charge in [0, 0.05) is 22.5 Å². The van der Waals surface area contributed by atoms with Gasteiger partial charge in [0.15, 0.2) is 22.4 Å². The monoisotopic (exact) mass is 844 g/mol. The lowest BCUT2D eigenvalue weighted by molar-refractivity contribution is -0.147. The summed E-state index contributed by atoms with van der Waals surface area (Å²) in [6.07, 6.45) is 0.894. The van der Waals surface area contributed by atoms with E-state index in [1.807, 2.05) is 38.1 Å². The predicted octanol–water partition coefficient (Wildman–Crippen LogP) is 9.80. The molecule has 12 heteroatoms. The van der Waals surface area contributed by atoms with Gasteiger partial charge in [-0.1, -0.05) is 95.6 Å². The first-order valence-corrected chi connectivity index (χ1v) is 26.1. The lowest BCUT2D eigenvalue weighted by atomic mass is 9.56. The van der Waals surface area contributed by atoms with Gasteiger partial charge in [-0.2, -0.15) is 0 Å². The lowest BCUT2D eigenvalue weighted by Gasteiger charge is -2.52. The number of aliphatic hydroxyl groups is 1. The van der Waals surface area contributed by atoms with Gasteiger partial charge in [0.05, 0.1) is 23.0 Å². The van der Waals surface area contributed by atoms with E-state index in [1.165, 1.54) is 0 Å². The number of carbonyl (C=O) groups excluding carboxylic acids is 2. The molecule has 4 aliphatic rings. The zero-order chi connectivity index (χ0) is 38.1. The van der Waals surface area contributed by atoms with E-state index in [0.717, 1.165) is 29.3 Å². The smallest absolute Gasteiger partial charge is 0.309 e. The first-order chi connectivity index (χ1) is 23.6. The molecule has 0 aromatic heterocycles. The third-order valence-electron chi connectivity index (χ3n) is 13.6. The number of hydrogen-bond donors (Lipinski definition) is 1. The number of rotatable bonds is 13. The van der Waals surface area contributed by atoms with Crippen molar-refractivity contribution in [2.75, 3.05) is 0 Å². The van der Waals surface area contributed by atoms with Crippen molar-refractivity contribution < 1.29 is 33.0 Å². The molecule has 3 saturated heterocycles. The van der Waals surface area contributed by atoms with Crippen LogP contribution in [0.3, 0.4) is 0 Å². The van der Waals surface area contributed by atoms with Crippen molar-refractivity contribution in [1.82, 2.24) is 0 Å². The van der Waals surface area contributed by atoms with Gasteiger partial charge in [-0.05, 0) is 73.6 Å². The van der Waals surface area contributed by atoms with Gasteiger partial charge in [-0.15, -0.1) is 23.2 Å². The normalized spacial score (nSPS) is 33.6. The van der Waals surface area contributed by atoms with E-state index in [-0.39, 0.29) is 33.6 Å². The van der Waals surface area contributed by atoms with E-state index in [1.54, 1.807) is 0 Å². The first-order valence-electron chi connectivity index (χ1n) is 18.8. The number of ether oxygens (including phenoxy) is 2. The van der Waals surface area contributed by atoms with Crippen LogP contribution in [0.25, 0.3) is 0 Å². The number of carbonyl (C=O) groups is 2. The minimum Gasteiger partial charge on any atom is -0.459 e. The van der Waals surface area contributed by atoms with Gasteiger partial charge in [-0.3, -0.25) is 9.59 Å². The second-order valence-electron chi connectivity index (χ2n) is 17.2. The molecule has 1 aliphatic carbocycles. The average Bonchev–Trinajstić information content (AvgIpc) is 3.66. The number of aliphatic hydroxyl groups excluding tert-OH is 1. The summed E-state index contributed by atoms with van der Waals surface area (Å²) in [6, 6.07) is 8.63. The maximum Gasteiger partial charge on any atom is 0.309 e. The van der Waals surface area contributed by atoms with E-state index < -0.39 is 62.8 Å². The van der Waals surface area contributed by atoms with E-state index in [9.17, 15) is 14.7 Å². The summed E-state index contributed by atoms with van der Waals surface area (Å²) in [6.45, 7) is 23.3. The number of esters is 1. The highest BCUT2D eigenvalue weighted by molar-refractivity contribution is 9.09. The summed E-state index contributed by atoms with van der Waals surface area (Å²) >= 11 is 17.7. The molecule has 0 radical (unpaired) electrons. The number of fused-ring (bicyclic) bond motifs is 1. The van der Waals surface area contributed by atoms with Crippen molar-refractivity contribution in [3.63, 3.8) is 0 Å². The molecule has 0 unspecified atom stereocenters. The molecule has 286 valence electrons. The Hall–Kier alpha value is -0.566. The summed E-state index contributed by atoms with van der Waals surface area (Å²) in [4.78, 5) is 26.5. The molecule has 3 fully saturated rings. The number of cyclic esters (lactones) is 1. The Labute approximate surface area is 326 Å². The minimum atomic E-state index is -2.41. The largest absolute Gasteiger partial charge is 0.459 e. The first kappa shape index (κ1) is 41.6. The minimum absolute atomic E-state index is 0.0990. The van der Waals surface area contributed by atoms with Crippen LogP contribution < -0.4 is 0 Å². The van der Waals surface area contributed by atoms with Gasteiger partial charge in [0.1, 0.15) is 28.7 Å². The Morgan fingerprint density at radius 1 is 1.16 bits per heavy atom. The maximum absolute atomic E-state index is 14.9. The Morgan fingerprint density at radius 3 is 2.31 bits per heavy atom. The van der Waals surface area contributed by atoms with E-state index >= 15 is 0 Å². The number of hydrogen-bond acceptors (Lipinski definition) is 7. The molecule has 0 saturated carbocycles. The fourth-order valence-corrected chi connectivity index (χ4v) is 14.9. The summed E-state index contributed by atoms with van der Waals surface area (Å²) in [5.41, 5.74) is 0.997. The molecular weight excluding hydrogens is 787 g/mol. The molecule has 1 spiro atoms. The molecule has 1 N–H and O–H groups in total. The molecule has 51 heavy (non-hydrogen) atoms. The van der Waals surface area contributed by atoms with Crippen molar-refractivity contribution in [1.29, 1.82) is 0 Å². The average molecular weight is 847 g/mol. The van der Waals surface area contributed by atoms with Crippen molar-refractivity contribution in [3.8, 4) is 0 Å². The second-order valence-corrected chi connectivity index (χ2v) is 29.0. The SMILES string of the molecule is CC[Si](CC)(CC)O[C@H]1[C@H]2C[C@]3(C)C(C(=O)c4cccc([C@H](C(Cl)Cl)[C@H](O[Si](C)(C)C(C)(C)C)[C@H]5C[C@H](C)C(=O)O5)c4C)=CC[C@@H](Br)[C@@]3(O2)[C@H]1O. The van der Waals surface area contributed by atoms with Crippen LogP contribution in [-0.4, -0.2) is 79.3 Å². The van der Waals surface area contributed by atoms with Gasteiger partial charge in [0.2, 0.25) is 0 Å². The highest BCUT2D eigenvalue weighted by Crippen LogP contribution is 2.65. The maximum atomic E-state index is 14.9. The summed E-state index contributed by atoms with van der Waals surface area (Å²) in [5, 5.41) is 12.0. The molecule has 10 atom stereocenters. The zero-order valence-electron chi connectivity index (χ0n) is 32.3. The van der Waals surface area contributed by atoms with Crippen molar-refractivity contribution in [2.24, 2.45) is 11.3 Å². The van der Waals surface area contributed by atoms with E-state index in [4.69, 9.17) is 41.5 Å². The summed E-state index contributed by atoms with van der Waals surface area (Å²) < 4.78 is 26.7. The molecule has 3 heterocycles.